The van der Waals surface area contributed by atoms with Gasteiger partial charge >= 0.3 is 0 Å². The Kier molecular flexibility index (Phi) is 4.36. The van der Waals surface area contributed by atoms with E-state index in [1.165, 1.54) is 0 Å². The van der Waals surface area contributed by atoms with Gasteiger partial charge in [0.2, 0.25) is 5.91 Å². The number of halogens is 1. The molecule has 8 heteroatoms. The Morgan fingerprint density at radius 1 is 1.18 bits per heavy atom. The summed E-state index contributed by atoms with van der Waals surface area (Å²) in [5.74, 6) is -0.162. The third kappa shape index (κ3) is 3.52. The first-order chi connectivity index (χ1) is 13.6. The van der Waals surface area contributed by atoms with E-state index in [1.807, 2.05) is 35.1 Å². The maximum absolute atomic E-state index is 11.3. The van der Waals surface area contributed by atoms with Gasteiger partial charge in [-0.2, -0.15) is 5.10 Å². The van der Waals surface area contributed by atoms with Gasteiger partial charge in [-0.1, -0.05) is 23.4 Å². The van der Waals surface area contributed by atoms with Crippen molar-refractivity contribution in [2.24, 2.45) is 11.7 Å². The second kappa shape index (κ2) is 6.90. The summed E-state index contributed by atoms with van der Waals surface area (Å²) in [5.41, 5.74) is 8.16. The molecule has 0 radical (unpaired) electrons. The first kappa shape index (κ1) is 17.7. The summed E-state index contributed by atoms with van der Waals surface area (Å²) < 4.78 is 2.05. The number of carbonyl (C=O) groups is 1. The number of pyridine rings is 2. The second-order valence-corrected chi connectivity index (χ2v) is 8.79. The summed E-state index contributed by atoms with van der Waals surface area (Å²) in [4.78, 5) is 21.3. The van der Waals surface area contributed by atoms with Gasteiger partial charge in [0.15, 0.2) is 0 Å². The number of aromatic nitrogens is 4. The van der Waals surface area contributed by atoms with Crippen molar-refractivity contribution < 1.29 is 4.79 Å². The molecule has 2 atom stereocenters. The summed E-state index contributed by atoms with van der Waals surface area (Å²) in [6.07, 6.45) is 8.70. The van der Waals surface area contributed by atoms with Crippen LogP contribution in [0.1, 0.15) is 36.9 Å². The fourth-order valence-electron chi connectivity index (χ4n) is 3.31. The first-order valence-electron chi connectivity index (χ1n) is 9.22. The molecular weight excluding hydrogens is 394 g/mol. The standard InChI is InChI=1S/C20H18ClN5OS/c21-12-2-6-18(24-9-12)28-17-10-26(13-3-4-13)25-19(17)11-1-5-16(23-8-11)14-7-15(14)20(22)27/h1-2,5-6,8-10,13-15H,3-4,7H2,(H2,22,27). The molecule has 5 rings (SSSR count). The van der Waals surface area contributed by atoms with E-state index < -0.39 is 0 Å². The number of hydrogen-bond donors (Lipinski definition) is 1. The van der Waals surface area contributed by atoms with Gasteiger partial charge < -0.3 is 5.73 Å². The molecule has 3 aromatic heterocycles. The zero-order chi connectivity index (χ0) is 19.3. The Labute approximate surface area is 171 Å². The monoisotopic (exact) mass is 411 g/mol. The quantitative estimate of drug-likeness (QED) is 0.660. The Bertz CT molecular complexity index is 1030. The van der Waals surface area contributed by atoms with Gasteiger partial charge in [0.25, 0.3) is 0 Å². The molecule has 142 valence electrons. The van der Waals surface area contributed by atoms with Gasteiger partial charge in [0.1, 0.15) is 10.7 Å². The van der Waals surface area contributed by atoms with Crippen LogP contribution in [-0.4, -0.2) is 25.7 Å². The zero-order valence-electron chi connectivity index (χ0n) is 15.0. The molecule has 2 fully saturated rings. The van der Waals surface area contributed by atoms with Crippen LogP contribution in [-0.2, 0) is 4.79 Å². The molecule has 2 unspecified atom stereocenters. The number of rotatable bonds is 6. The highest BCUT2D eigenvalue weighted by molar-refractivity contribution is 7.99. The van der Waals surface area contributed by atoms with Crippen molar-refractivity contribution in [1.29, 1.82) is 0 Å². The molecule has 0 bridgehead atoms. The van der Waals surface area contributed by atoms with Crippen molar-refractivity contribution in [2.45, 2.75) is 41.1 Å². The summed E-state index contributed by atoms with van der Waals surface area (Å²) in [6.45, 7) is 0. The van der Waals surface area contributed by atoms with Crippen LogP contribution in [0.15, 0.2) is 52.8 Å². The molecule has 2 N–H and O–H groups in total. The minimum atomic E-state index is -0.242. The van der Waals surface area contributed by atoms with E-state index in [1.54, 1.807) is 18.0 Å². The molecule has 3 aromatic rings. The highest BCUT2D eigenvalue weighted by Gasteiger charge is 2.43. The summed E-state index contributed by atoms with van der Waals surface area (Å²) in [5, 5.41) is 6.30. The van der Waals surface area contributed by atoms with Crippen molar-refractivity contribution in [3.63, 3.8) is 0 Å². The summed E-state index contributed by atoms with van der Waals surface area (Å²) in [6, 6.07) is 8.24. The van der Waals surface area contributed by atoms with Crippen molar-refractivity contribution in [1.82, 2.24) is 19.7 Å². The predicted octanol–water partition coefficient (Wildman–Crippen LogP) is 4.07. The van der Waals surface area contributed by atoms with Crippen LogP contribution in [0.25, 0.3) is 11.3 Å². The van der Waals surface area contributed by atoms with Crippen LogP contribution in [0.3, 0.4) is 0 Å². The lowest BCUT2D eigenvalue weighted by Gasteiger charge is -2.04. The minimum Gasteiger partial charge on any atom is -0.369 e. The van der Waals surface area contributed by atoms with Crippen LogP contribution in [0.5, 0.6) is 0 Å². The van der Waals surface area contributed by atoms with E-state index in [4.69, 9.17) is 22.4 Å². The van der Waals surface area contributed by atoms with Crippen LogP contribution in [0, 0.1) is 5.92 Å². The minimum absolute atomic E-state index is 0.0745. The topological polar surface area (TPSA) is 86.7 Å². The summed E-state index contributed by atoms with van der Waals surface area (Å²) >= 11 is 7.51. The van der Waals surface area contributed by atoms with E-state index in [-0.39, 0.29) is 17.7 Å². The van der Waals surface area contributed by atoms with Crippen LogP contribution < -0.4 is 5.73 Å². The first-order valence-corrected chi connectivity index (χ1v) is 10.4. The van der Waals surface area contributed by atoms with Crippen molar-refractivity contribution in [3.05, 3.63) is 53.6 Å². The highest BCUT2D eigenvalue weighted by atomic mass is 35.5. The average Bonchev–Trinajstić information content (AvgIpc) is 3.61. The summed E-state index contributed by atoms with van der Waals surface area (Å²) in [7, 11) is 0. The average molecular weight is 412 g/mol. The number of hydrogen-bond acceptors (Lipinski definition) is 5. The maximum Gasteiger partial charge on any atom is 0.221 e. The fourth-order valence-corrected chi connectivity index (χ4v) is 4.31. The van der Waals surface area contributed by atoms with Gasteiger partial charge in [0.05, 0.1) is 16.0 Å². The van der Waals surface area contributed by atoms with Gasteiger partial charge in [0, 0.05) is 41.7 Å². The van der Waals surface area contributed by atoms with Crippen LogP contribution in [0.4, 0.5) is 0 Å². The van der Waals surface area contributed by atoms with Gasteiger partial charge in [-0.15, -0.1) is 0 Å². The number of primary amides is 1. The molecular formula is C20H18ClN5OS. The fraction of sp³-hybridized carbons (Fsp3) is 0.300. The van der Waals surface area contributed by atoms with E-state index >= 15 is 0 Å². The van der Waals surface area contributed by atoms with Crippen molar-refractivity contribution in [2.75, 3.05) is 0 Å². The number of nitrogens with zero attached hydrogens (tertiary/aromatic N) is 4. The predicted molar refractivity (Wildman–Crippen MR) is 107 cm³/mol. The van der Waals surface area contributed by atoms with E-state index in [0.717, 1.165) is 46.1 Å². The molecule has 2 aliphatic rings. The van der Waals surface area contributed by atoms with E-state index in [0.29, 0.717) is 11.1 Å². The molecule has 0 aliphatic heterocycles. The lowest BCUT2D eigenvalue weighted by Crippen LogP contribution is -2.13. The van der Waals surface area contributed by atoms with Crippen molar-refractivity contribution >= 4 is 29.3 Å². The maximum atomic E-state index is 11.3. The number of amides is 1. The Balaban J connectivity index is 1.43. The molecule has 0 spiro atoms. The lowest BCUT2D eigenvalue weighted by molar-refractivity contribution is -0.119. The number of nitrogens with two attached hydrogens (primary N) is 1. The second-order valence-electron chi connectivity index (χ2n) is 7.29. The van der Waals surface area contributed by atoms with Gasteiger partial charge in [-0.25, -0.2) is 4.98 Å². The highest BCUT2D eigenvalue weighted by Crippen LogP contribution is 2.47. The van der Waals surface area contributed by atoms with Crippen LogP contribution >= 0.6 is 23.4 Å². The molecule has 3 heterocycles. The van der Waals surface area contributed by atoms with Crippen molar-refractivity contribution in [3.8, 4) is 11.3 Å². The molecule has 6 nitrogen and oxygen atoms in total. The van der Waals surface area contributed by atoms with Gasteiger partial charge in [-0.3, -0.25) is 14.5 Å². The third-order valence-corrected chi connectivity index (χ3v) is 6.32. The van der Waals surface area contributed by atoms with Crippen LogP contribution in [0.2, 0.25) is 5.02 Å². The van der Waals surface area contributed by atoms with E-state index in [9.17, 15) is 4.79 Å². The molecule has 0 aromatic carbocycles. The Hall–Kier alpha value is -2.38. The Morgan fingerprint density at radius 3 is 2.64 bits per heavy atom. The molecule has 28 heavy (non-hydrogen) atoms. The zero-order valence-corrected chi connectivity index (χ0v) is 16.5. The largest absolute Gasteiger partial charge is 0.369 e. The third-order valence-electron chi connectivity index (χ3n) is 5.13. The Morgan fingerprint density at radius 2 is 2.04 bits per heavy atom. The number of carbonyl (C=O) groups excluding carboxylic acids is 1. The molecule has 1 amide bonds. The van der Waals surface area contributed by atoms with Gasteiger partial charge in [-0.05, 0) is 43.5 Å². The smallest absolute Gasteiger partial charge is 0.221 e. The molecule has 0 saturated heterocycles. The molecule has 2 aliphatic carbocycles. The normalized spacial score (nSPS) is 20.9. The SMILES string of the molecule is NC(=O)C1CC1c1ccc(-c2nn(C3CC3)cc2Sc2ccc(Cl)cn2)cn1. The van der Waals surface area contributed by atoms with E-state index in [2.05, 4.69) is 16.2 Å². The lowest BCUT2D eigenvalue weighted by atomic mass is 10.1. The molecule has 2 saturated carbocycles.